The molecule has 0 aliphatic heterocycles. The van der Waals surface area contributed by atoms with Crippen molar-refractivity contribution in [2.45, 2.75) is 24.8 Å². The van der Waals surface area contributed by atoms with Gasteiger partial charge in [0.15, 0.2) is 5.82 Å². The maximum absolute atomic E-state index is 6.59. The molecule has 2 aromatic heterocycles. The Bertz CT molecular complexity index is 1430. The highest BCUT2D eigenvalue weighted by molar-refractivity contribution is 6.02. The molecule has 0 bridgehead atoms. The molecule has 5 aromatic rings. The van der Waals surface area contributed by atoms with E-state index in [4.69, 9.17) is 15.7 Å². The van der Waals surface area contributed by atoms with Crippen LogP contribution in [0.2, 0.25) is 0 Å². The first-order valence-corrected chi connectivity index (χ1v) is 11.5. The van der Waals surface area contributed by atoms with E-state index < -0.39 is 0 Å². The summed E-state index contributed by atoms with van der Waals surface area (Å²) >= 11 is 0. The monoisotopic (exact) mass is 430 g/mol. The zero-order valence-corrected chi connectivity index (χ0v) is 18.7. The van der Waals surface area contributed by atoms with Gasteiger partial charge < -0.3 is 10.3 Å². The molecule has 2 N–H and O–H groups in total. The second-order valence-corrected chi connectivity index (χ2v) is 9.03. The first-order chi connectivity index (χ1) is 16.1. The Balaban J connectivity index is 1.59. The SMILES string of the molecule is Cn1c(-c2ccccc2)c(-c2ccc(C3(N)CCC3)cc2)c2nc(-c3ccccc3)ncc21. The van der Waals surface area contributed by atoms with Crippen molar-refractivity contribution in [2.75, 3.05) is 0 Å². The van der Waals surface area contributed by atoms with Gasteiger partial charge in [-0.15, -0.1) is 0 Å². The van der Waals surface area contributed by atoms with Gasteiger partial charge in [0.1, 0.15) is 5.52 Å². The maximum atomic E-state index is 6.59. The number of nitrogens with zero attached hydrogens (tertiary/aromatic N) is 3. The predicted molar refractivity (Wildman–Crippen MR) is 135 cm³/mol. The molecule has 2 heterocycles. The standard InChI is InChI=1S/C29H26N4/c1-33-24-19-31-28(22-11-6-3-7-12-22)32-26(24)25(27(33)21-9-4-2-5-10-21)20-13-15-23(16-14-20)29(30)17-8-18-29/h2-7,9-16,19H,8,17-18,30H2,1H3. The Morgan fingerprint density at radius 1 is 0.788 bits per heavy atom. The van der Waals surface area contributed by atoms with Gasteiger partial charge in [-0.3, -0.25) is 0 Å². The Morgan fingerprint density at radius 3 is 2.03 bits per heavy atom. The number of aromatic nitrogens is 3. The van der Waals surface area contributed by atoms with Gasteiger partial charge >= 0.3 is 0 Å². The van der Waals surface area contributed by atoms with E-state index in [2.05, 4.69) is 72.3 Å². The summed E-state index contributed by atoms with van der Waals surface area (Å²) in [6.45, 7) is 0. The molecule has 1 aliphatic rings. The van der Waals surface area contributed by atoms with Crippen molar-refractivity contribution in [3.8, 4) is 33.8 Å². The van der Waals surface area contributed by atoms with E-state index in [1.807, 2.05) is 30.5 Å². The zero-order valence-electron chi connectivity index (χ0n) is 18.7. The van der Waals surface area contributed by atoms with Crippen LogP contribution in [0.4, 0.5) is 0 Å². The van der Waals surface area contributed by atoms with Crippen molar-refractivity contribution in [1.29, 1.82) is 0 Å². The topological polar surface area (TPSA) is 56.7 Å². The largest absolute Gasteiger partial charge is 0.341 e. The lowest BCUT2D eigenvalue weighted by atomic mass is 9.72. The van der Waals surface area contributed by atoms with Gasteiger partial charge in [0.2, 0.25) is 0 Å². The average Bonchev–Trinajstić information content (AvgIpc) is 3.15. The molecule has 4 nitrogen and oxygen atoms in total. The van der Waals surface area contributed by atoms with Crippen molar-refractivity contribution >= 4 is 11.0 Å². The molecule has 0 spiro atoms. The van der Waals surface area contributed by atoms with E-state index in [9.17, 15) is 0 Å². The molecule has 162 valence electrons. The molecule has 0 amide bonds. The Kier molecular flexibility index (Phi) is 4.63. The maximum Gasteiger partial charge on any atom is 0.159 e. The fourth-order valence-electron chi connectivity index (χ4n) is 4.95. The van der Waals surface area contributed by atoms with Crippen molar-refractivity contribution in [3.05, 3.63) is 96.7 Å². The molecule has 3 aromatic carbocycles. The first-order valence-electron chi connectivity index (χ1n) is 11.5. The molecule has 4 heteroatoms. The van der Waals surface area contributed by atoms with Gasteiger partial charge in [-0.2, -0.15) is 0 Å². The number of hydrogen-bond acceptors (Lipinski definition) is 3. The van der Waals surface area contributed by atoms with Crippen LogP contribution >= 0.6 is 0 Å². The van der Waals surface area contributed by atoms with Gasteiger partial charge in [0.05, 0.1) is 17.4 Å². The number of aryl methyl sites for hydroxylation is 1. The molecular formula is C29H26N4. The summed E-state index contributed by atoms with van der Waals surface area (Å²) in [4.78, 5) is 9.77. The second-order valence-electron chi connectivity index (χ2n) is 9.03. The molecule has 0 radical (unpaired) electrons. The highest BCUT2D eigenvalue weighted by atomic mass is 15.0. The minimum Gasteiger partial charge on any atom is -0.341 e. The van der Waals surface area contributed by atoms with Crippen LogP contribution in [0, 0.1) is 0 Å². The normalized spacial score (nSPS) is 14.8. The summed E-state index contributed by atoms with van der Waals surface area (Å²) in [6.07, 6.45) is 5.27. The number of hydrogen-bond donors (Lipinski definition) is 1. The van der Waals surface area contributed by atoms with Crippen LogP contribution in [0.5, 0.6) is 0 Å². The van der Waals surface area contributed by atoms with Crippen LogP contribution in [0.1, 0.15) is 24.8 Å². The lowest BCUT2D eigenvalue weighted by Crippen LogP contribution is -2.43. The van der Waals surface area contributed by atoms with Crippen LogP contribution in [-0.4, -0.2) is 14.5 Å². The summed E-state index contributed by atoms with van der Waals surface area (Å²) in [5.41, 5.74) is 15.2. The van der Waals surface area contributed by atoms with E-state index in [-0.39, 0.29) is 5.54 Å². The summed E-state index contributed by atoms with van der Waals surface area (Å²) in [5, 5.41) is 0. The average molecular weight is 431 g/mol. The van der Waals surface area contributed by atoms with Gasteiger partial charge in [-0.05, 0) is 36.0 Å². The van der Waals surface area contributed by atoms with Gasteiger partial charge in [-0.25, -0.2) is 9.97 Å². The van der Waals surface area contributed by atoms with E-state index in [0.717, 1.165) is 57.6 Å². The van der Waals surface area contributed by atoms with Crippen LogP contribution in [-0.2, 0) is 12.6 Å². The summed E-state index contributed by atoms with van der Waals surface area (Å²) in [5.74, 6) is 0.738. The van der Waals surface area contributed by atoms with Crippen LogP contribution in [0.15, 0.2) is 91.1 Å². The molecule has 1 fully saturated rings. The molecule has 1 aliphatic carbocycles. The summed E-state index contributed by atoms with van der Waals surface area (Å²) in [6, 6.07) is 29.5. The van der Waals surface area contributed by atoms with E-state index in [1.54, 1.807) is 0 Å². The number of benzene rings is 3. The Hall–Kier alpha value is -3.76. The summed E-state index contributed by atoms with van der Waals surface area (Å²) < 4.78 is 2.21. The van der Waals surface area contributed by atoms with Crippen LogP contribution in [0.25, 0.3) is 44.8 Å². The smallest absolute Gasteiger partial charge is 0.159 e. The third-order valence-electron chi connectivity index (χ3n) is 7.01. The fourth-order valence-corrected chi connectivity index (χ4v) is 4.95. The van der Waals surface area contributed by atoms with E-state index >= 15 is 0 Å². The van der Waals surface area contributed by atoms with Crippen molar-refractivity contribution < 1.29 is 0 Å². The van der Waals surface area contributed by atoms with Crippen molar-refractivity contribution in [1.82, 2.24) is 14.5 Å². The molecule has 1 saturated carbocycles. The third kappa shape index (κ3) is 3.26. The Morgan fingerprint density at radius 2 is 1.42 bits per heavy atom. The fraction of sp³-hybridized carbons (Fsp3) is 0.172. The van der Waals surface area contributed by atoms with Crippen LogP contribution in [0.3, 0.4) is 0 Å². The lowest BCUT2D eigenvalue weighted by molar-refractivity contribution is 0.253. The highest BCUT2D eigenvalue weighted by Crippen LogP contribution is 2.42. The van der Waals surface area contributed by atoms with Gasteiger partial charge in [0.25, 0.3) is 0 Å². The second kappa shape index (κ2) is 7.68. The Labute approximate surface area is 193 Å². The summed E-state index contributed by atoms with van der Waals surface area (Å²) in [7, 11) is 2.09. The van der Waals surface area contributed by atoms with Crippen molar-refractivity contribution in [2.24, 2.45) is 12.8 Å². The molecule has 0 atom stereocenters. The van der Waals surface area contributed by atoms with Crippen LogP contribution < -0.4 is 5.73 Å². The van der Waals surface area contributed by atoms with Crippen molar-refractivity contribution in [3.63, 3.8) is 0 Å². The molecule has 0 unspecified atom stereocenters. The lowest BCUT2D eigenvalue weighted by Gasteiger charge is -2.38. The first kappa shape index (κ1) is 19.9. The predicted octanol–water partition coefficient (Wildman–Crippen LogP) is 6.31. The molecular weight excluding hydrogens is 404 g/mol. The molecule has 6 rings (SSSR count). The molecule has 33 heavy (non-hydrogen) atoms. The zero-order chi connectivity index (χ0) is 22.4. The molecule has 0 saturated heterocycles. The minimum atomic E-state index is -0.164. The number of nitrogens with two attached hydrogens (primary N) is 1. The van der Waals surface area contributed by atoms with Gasteiger partial charge in [-0.1, -0.05) is 84.9 Å². The third-order valence-corrected chi connectivity index (χ3v) is 7.01. The quantitative estimate of drug-likeness (QED) is 0.364. The highest BCUT2D eigenvalue weighted by Gasteiger charge is 2.34. The van der Waals surface area contributed by atoms with Gasteiger partial charge in [0, 0.05) is 23.7 Å². The minimum absolute atomic E-state index is 0.164. The number of rotatable bonds is 4. The number of fused-ring (bicyclic) bond motifs is 1. The van der Waals surface area contributed by atoms with E-state index in [1.165, 1.54) is 12.0 Å². The van der Waals surface area contributed by atoms with E-state index in [0.29, 0.717) is 0 Å².